The monoisotopic (exact) mass is 486 g/mol. The van der Waals surface area contributed by atoms with Gasteiger partial charge in [-0.1, -0.05) is 19.8 Å². The van der Waals surface area contributed by atoms with Crippen molar-refractivity contribution in [1.82, 2.24) is 9.80 Å². The molecule has 0 fully saturated rings. The number of carbonyl (C=O) groups excluding carboxylic acids is 2. The first-order chi connectivity index (χ1) is 16.7. The van der Waals surface area contributed by atoms with Gasteiger partial charge in [-0.25, -0.2) is 9.28 Å². The number of amides is 3. The molecule has 0 unspecified atom stereocenters. The summed E-state index contributed by atoms with van der Waals surface area (Å²) in [6.45, 7) is 3.49. The number of fused-ring (bicyclic) bond motifs is 1. The lowest BCUT2D eigenvalue weighted by molar-refractivity contribution is -0.250. The molecular weight excluding hydrogens is 452 g/mol. The third-order valence-corrected chi connectivity index (χ3v) is 5.64. The summed E-state index contributed by atoms with van der Waals surface area (Å²) in [6.07, 6.45) is 3.00. The number of nitrogens with zero attached hydrogens (tertiary/aromatic N) is 1. The molecule has 1 heterocycles. The lowest BCUT2D eigenvalue weighted by Gasteiger charge is -2.19. The van der Waals surface area contributed by atoms with E-state index in [4.69, 9.17) is 19.9 Å². The molecule has 1 aliphatic rings. The zero-order valence-electron chi connectivity index (χ0n) is 20.5. The number of hydrogen-bond donors (Lipinski definition) is 3. The molecule has 0 spiro atoms. The van der Waals surface area contributed by atoms with Gasteiger partial charge < -0.3 is 35.2 Å². The van der Waals surface area contributed by atoms with Gasteiger partial charge in [-0.05, 0) is 25.3 Å². The van der Waals surface area contributed by atoms with Crippen molar-refractivity contribution in [3.05, 3.63) is 30.3 Å². The zero-order chi connectivity index (χ0) is 25.4. The molecule has 190 valence electrons. The van der Waals surface area contributed by atoms with Crippen LogP contribution in [-0.2, 0) is 0 Å². The number of carbonyl (C=O) groups is 2. The first kappa shape index (κ1) is 26.0. The minimum absolute atomic E-state index is 0.0449. The summed E-state index contributed by atoms with van der Waals surface area (Å²) in [5.74, 6) is 2.19. The molecule has 0 atom stereocenters. The number of ether oxygens (including phenoxy) is 3. The molecule has 2 aromatic carbocycles. The van der Waals surface area contributed by atoms with Gasteiger partial charge in [-0.3, -0.25) is 5.32 Å². The highest BCUT2D eigenvalue weighted by molar-refractivity contribution is 6.08. The number of anilines is 2. The minimum atomic E-state index is -1.24. The average molecular weight is 487 g/mol. The van der Waals surface area contributed by atoms with E-state index in [0.717, 1.165) is 37.8 Å². The van der Waals surface area contributed by atoms with Crippen molar-refractivity contribution in [2.45, 2.75) is 39.0 Å². The number of nitrogen functional groups attached to an aromatic ring is 1. The highest BCUT2D eigenvalue weighted by Crippen LogP contribution is 2.43. The van der Waals surface area contributed by atoms with E-state index in [0.29, 0.717) is 54.1 Å². The molecule has 0 aromatic heterocycles. The average Bonchev–Trinajstić information content (AvgIpc) is 3.01. The van der Waals surface area contributed by atoms with Crippen molar-refractivity contribution < 1.29 is 28.9 Å². The van der Waals surface area contributed by atoms with E-state index < -0.39 is 6.09 Å². The number of rotatable bonds is 13. The Kier molecular flexibility index (Phi) is 8.64. The smallest absolute Gasteiger partial charge is 0.425 e. The fourth-order valence-corrected chi connectivity index (χ4v) is 3.68. The number of hydrogen-bond acceptors (Lipinski definition) is 7. The van der Waals surface area contributed by atoms with Crippen molar-refractivity contribution in [3.63, 3.8) is 0 Å². The Morgan fingerprint density at radius 1 is 1.00 bits per heavy atom. The molecule has 10 heteroatoms. The van der Waals surface area contributed by atoms with Gasteiger partial charge in [0.05, 0.1) is 33.0 Å². The molecule has 0 aliphatic carbocycles. The molecule has 0 radical (unpaired) electrons. The van der Waals surface area contributed by atoms with Crippen LogP contribution < -0.4 is 40.2 Å². The molecule has 3 amide bonds. The molecule has 2 aromatic rings. The van der Waals surface area contributed by atoms with Gasteiger partial charge in [0.1, 0.15) is 29.0 Å². The highest BCUT2D eigenvalue weighted by Gasteiger charge is 2.40. The number of carboxylic acid groups (broad SMARTS) is 1. The molecule has 0 saturated heterocycles. The lowest BCUT2D eigenvalue weighted by Crippen LogP contribution is -2.44. The van der Waals surface area contributed by atoms with Crippen molar-refractivity contribution in [2.24, 2.45) is 0 Å². The molecule has 0 saturated carbocycles. The third kappa shape index (κ3) is 6.92. The molecule has 1 aliphatic heterocycles. The van der Waals surface area contributed by atoms with Gasteiger partial charge in [0.25, 0.3) is 0 Å². The fraction of sp³-hybridized carbons (Fsp3) is 0.440. The Morgan fingerprint density at radius 3 is 2.34 bits per heavy atom. The van der Waals surface area contributed by atoms with Crippen LogP contribution in [0.15, 0.2) is 30.3 Å². The van der Waals surface area contributed by atoms with E-state index in [1.165, 1.54) is 0 Å². The Morgan fingerprint density at radius 2 is 1.66 bits per heavy atom. The number of unbranched alkanes of at least 4 members (excludes halogenated alkanes) is 3. The summed E-state index contributed by atoms with van der Waals surface area (Å²) in [4.78, 5) is 22.6. The number of quaternary nitrogens is 1. The van der Waals surface area contributed by atoms with Crippen molar-refractivity contribution in [3.8, 4) is 23.0 Å². The van der Waals surface area contributed by atoms with Gasteiger partial charge in [0, 0.05) is 30.8 Å². The highest BCUT2D eigenvalue weighted by atomic mass is 16.5. The van der Waals surface area contributed by atoms with Crippen LogP contribution in [0.4, 0.5) is 26.7 Å². The Balaban J connectivity index is 1.66. The fourth-order valence-electron chi connectivity index (χ4n) is 3.68. The molecule has 35 heavy (non-hydrogen) atoms. The first-order valence-corrected chi connectivity index (χ1v) is 11.8. The maximum absolute atomic E-state index is 12.3. The van der Waals surface area contributed by atoms with Crippen LogP contribution >= 0.6 is 0 Å². The summed E-state index contributed by atoms with van der Waals surface area (Å²) in [7, 11) is 3.60. The summed E-state index contributed by atoms with van der Waals surface area (Å²) < 4.78 is 17.9. The summed E-state index contributed by atoms with van der Waals surface area (Å²) >= 11 is 0. The van der Waals surface area contributed by atoms with Crippen LogP contribution in [0.1, 0.15) is 39.0 Å². The van der Waals surface area contributed by atoms with Gasteiger partial charge in [-0.15, -0.1) is 0 Å². The van der Waals surface area contributed by atoms with E-state index in [-0.39, 0.29) is 10.5 Å². The van der Waals surface area contributed by atoms with E-state index in [9.17, 15) is 14.7 Å². The first-order valence-electron chi connectivity index (χ1n) is 11.8. The summed E-state index contributed by atoms with van der Waals surface area (Å²) in [6, 6.07) is 8.71. The molecule has 3 rings (SSSR count). The maximum atomic E-state index is 12.3. The van der Waals surface area contributed by atoms with Crippen LogP contribution in [0.2, 0.25) is 0 Å². The van der Waals surface area contributed by atoms with E-state index >= 15 is 0 Å². The minimum Gasteiger partial charge on any atom is -0.530 e. The summed E-state index contributed by atoms with van der Waals surface area (Å²) in [5.41, 5.74) is 8.05. The van der Waals surface area contributed by atoms with Crippen LogP contribution in [0.25, 0.3) is 0 Å². The van der Waals surface area contributed by atoms with E-state index in [2.05, 4.69) is 10.6 Å². The zero-order valence-corrected chi connectivity index (χ0v) is 20.5. The van der Waals surface area contributed by atoms with Crippen LogP contribution in [0, 0.1) is 0 Å². The second-order valence-electron chi connectivity index (χ2n) is 8.86. The maximum Gasteiger partial charge on any atom is 0.425 e. The molecule has 4 N–H and O–H groups in total. The predicted octanol–water partition coefficient (Wildman–Crippen LogP) is 3.83. The molecule has 0 bridgehead atoms. The summed E-state index contributed by atoms with van der Waals surface area (Å²) in [5, 5.41) is 15.4. The number of nitrogens with two attached hydrogens (primary N) is 1. The van der Waals surface area contributed by atoms with Gasteiger partial charge >= 0.3 is 6.03 Å². The lowest BCUT2D eigenvalue weighted by atomic mass is 10.2. The molecular formula is C25H34N4O6. The van der Waals surface area contributed by atoms with E-state index in [1.807, 2.05) is 13.0 Å². The van der Waals surface area contributed by atoms with Crippen molar-refractivity contribution in [2.75, 3.05) is 44.9 Å². The van der Waals surface area contributed by atoms with Crippen LogP contribution in [0.3, 0.4) is 0 Å². The predicted molar refractivity (Wildman–Crippen MR) is 133 cm³/mol. The van der Waals surface area contributed by atoms with Crippen LogP contribution in [0.5, 0.6) is 23.0 Å². The number of urea groups is 1. The largest absolute Gasteiger partial charge is 0.530 e. The third-order valence-electron chi connectivity index (χ3n) is 5.64. The molecule has 10 nitrogen and oxygen atoms in total. The van der Waals surface area contributed by atoms with Crippen LogP contribution in [-0.4, -0.2) is 46.0 Å². The number of benzene rings is 2. The Bertz CT molecular complexity index is 1060. The van der Waals surface area contributed by atoms with Gasteiger partial charge in [-0.2, -0.15) is 0 Å². The Labute approximate surface area is 205 Å². The second kappa shape index (κ2) is 11.7. The standard InChI is InChI=1S/C25H34N4O6/c1-4-10-33-17-12-18(34-11-8-6-5-7-9-27-25(31)32)14-19(13-17)35-23-16-22-21(15-20(23)26)28-24(30)29(22,2)3/h12-16,27H,4-11,26H2,1-3H3,(H-,28,30,31,32). The van der Waals surface area contributed by atoms with E-state index in [1.54, 1.807) is 38.4 Å². The van der Waals surface area contributed by atoms with Gasteiger partial charge in [0.15, 0.2) is 11.4 Å². The quantitative estimate of drug-likeness (QED) is 0.222. The normalized spacial score (nSPS) is 13.6. The topological polar surface area (TPSA) is 135 Å². The van der Waals surface area contributed by atoms with Crippen molar-refractivity contribution >= 4 is 29.2 Å². The SMILES string of the molecule is CCCOc1cc(OCCCCCCNC(=O)[O-])cc(Oc2cc3c(cc2N)NC(=O)[N+]3(C)C)c1. The van der Waals surface area contributed by atoms with Crippen molar-refractivity contribution in [1.29, 1.82) is 0 Å². The second-order valence-corrected chi connectivity index (χ2v) is 8.86. The van der Waals surface area contributed by atoms with Gasteiger partial charge in [0.2, 0.25) is 0 Å². The Hall–Kier alpha value is -3.66. The number of nitrogens with one attached hydrogen (secondary N) is 2.